The Morgan fingerprint density at radius 1 is 1.47 bits per heavy atom. The zero-order valence-corrected chi connectivity index (χ0v) is 7.61. The lowest BCUT2D eigenvalue weighted by Gasteiger charge is -1.98. The van der Waals surface area contributed by atoms with Crippen LogP contribution in [0.25, 0.3) is 6.08 Å². The highest BCUT2D eigenvalue weighted by molar-refractivity contribution is 5.54. The van der Waals surface area contributed by atoms with Crippen molar-refractivity contribution >= 4 is 11.8 Å². The van der Waals surface area contributed by atoms with Gasteiger partial charge in [0.2, 0.25) is 5.82 Å². The highest BCUT2D eigenvalue weighted by Crippen LogP contribution is 2.22. The molecule has 1 rings (SSSR count). The summed E-state index contributed by atoms with van der Waals surface area (Å²) in [6.07, 6.45) is 2.87. The van der Waals surface area contributed by atoms with Gasteiger partial charge < -0.3 is 5.73 Å². The molecule has 1 aromatic carbocycles. The van der Waals surface area contributed by atoms with E-state index in [4.69, 9.17) is 5.73 Å². The molecular weight excluding hydrogens is 206 g/mol. The lowest BCUT2D eigenvalue weighted by atomic mass is 10.1. The Bertz CT molecular complexity index is 419. The van der Waals surface area contributed by atoms with E-state index in [2.05, 4.69) is 0 Å². The average molecular weight is 214 g/mol. The van der Waals surface area contributed by atoms with Gasteiger partial charge in [0.15, 0.2) is 5.82 Å². The minimum absolute atomic E-state index is 0.200. The number of nitro benzene ring substituents is 1. The molecule has 2 N–H and O–H groups in total. The molecule has 4 nitrogen and oxygen atoms in total. The summed E-state index contributed by atoms with van der Waals surface area (Å²) in [5.41, 5.74) is 4.47. The third-order valence-corrected chi connectivity index (χ3v) is 1.67. The first-order chi connectivity index (χ1) is 7.06. The molecule has 0 saturated carbocycles. The van der Waals surface area contributed by atoms with Crippen LogP contribution in [0.5, 0.6) is 0 Å². The summed E-state index contributed by atoms with van der Waals surface area (Å²) in [5, 5.41) is 10.4. The molecule has 0 unspecified atom stereocenters. The van der Waals surface area contributed by atoms with Crippen molar-refractivity contribution in [3.05, 3.63) is 45.5 Å². The maximum atomic E-state index is 12.9. The quantitative estimate of drug-likeness (QED) is 0.616. The fourth-order valence-corrected chi connectivity index (χ4v) is 1.03. The Hall–Kier alpha value is -1.82. The minimum Gasteiger partial charge on any atom is -0.327 e. The molecule has 0 aliphatic heterocycles. The number of hydrogen-bond acceptors (Lipinski definition) is 3. The van der Waals surface area contributed by atoms with Gasteiger partial charge in [0, 0.05) is 12.6 Å². The molecule has 0 bridgehead atoms. The normalized spacial score (nSPS) is 10.9. The monoisotopic (exact) mass is 214 g/mol. The first-order valence-corrected chi connectivity index (χ1v) is 4.06. The van der Waals surface area contributed by atoms with Gasteiger partial charge in [-0.05, 0) is 11.6 Å². The molecule has 6 heteroatoms. The van der Waals surface area contributed by atoms with Gasteiger partial charge in [0.1, 0.15) is 0 Å². The third-order valence-electron chi connectivity index (χ3n) is 1.67. The molecule has 0 amide bonds. The molecular formula is C9H8F2N2O2. The number of benzene rings is 1. The molecule has 80 valence electrons. The van der Waals surface area contributed by atoms with Crippen LogP contribution in [-0.4, -0.2) is 11.5 Å². The molecule has 0 saturated heterocycles. The smallest absolute Gasteiger partial charge is 0.308 e. The Balaban J connectivity index is 3.23. The van der Waals surface area contributed by atoms with E-state index in [1.54, 1.807) is 0 Å². The second-order valence-electron chi connectivity index (χ2n) is 2.73. The molecule has 15 heavy (non-hydrogen) atoms. The number of nitro groups is 1. The number of hydrogen-bond donors (Lipinski definition) is 1. The fraction of sp³-hybridized carbons (Fsp3) is 0.111. The van der Waals surface area contributed by atoms with Crippen LogP contribution >= 0.6 is 0 Å². The number of halogens is 2. The van der Waals surface area contributed by atoms with Gasteiger partial charge in [0.05, 0.1) is 4.92 Å². The molecule has 0 aliphatic carbocycles. The molecule has 0 aliphatic rings. The Kier molecular flexibility index (Phi) is 3.46. The van der Waals surface area contributed by atoms with Crippen LogP contribution < -0.4 is 5.73 Å². The summed E-state index contributed by atoms with van der Waals surface area (Å²) in [6, 6.07) is 1.82. The molecule has 0 aromatic heterocycles. The number of nitrogens with two attached hydrogens (primary N) is 1. The summed E-state index contributed by atoms with van der Waals surface area (Å²) in [5.74, 6) is -2.70. The van der Waals surface area contributed by atoms with Crippen molar-refractivity contribution in [1.29, 1.82) is 0 Å². The van der Waals surface area contributed by atoms with E-state index in [0.29, 0.717) is 0 Å². The summed E-state index contributed by atoms with van der Waals surface area (Å²) in [4.78, 5) is 9.38. The Labute approximate surface area is 84.2 Å². The van der Waals surface area contributed by atoms with Crippen LogP contribution in [-0.2, 0) is 0 Å². The maximum absolute atomic E-state index is 12.9. The molecule has 0 radical (unpaired) electrons. The predicted octanol–water partition coefficient (Wildman–Crippen LogP) is 1.84. The van der Waals surface area contributed by atoms with Gasteiger partial charge in [-0.25, -0.2) is 4.39 Å². The van der Waals surface area contributed by atoms with Gasteiger partial charge in [-0.2, -0.15) is 4.39 Å². The molecule has 0 heterocycles. The summed E-state index contributed by atoms with van der Waals surface area (Å²) < 4.78 is 25.8. The van der Waals surface area contributed by atoms with Gasteiger partial charge in [-0.3, -0.25) is 10.1 Å². The largest absolute Gasteiger partial charge is 0.327 e. The molecule has 0 spiro atoms. The van der Waals surface area contributed by atoms with Crippen LogP contribution in [0.4, 0.5) is 14.5 Å². The summed E-state index contributed by atoms with van der Waals surface area (Å²) in [6.45, 7) is 0.215. The summed E-state index contributed by atoms with van der Waals surface area (Å²) >= 11 is 0. The maximum Gasteiger partial charge on any atom is 0.308 e. The zero-order valence-electron chi connectivity index (χ0n) is 7.61. The zero-order chi connectivity index (χ0) is 11.4. The van der Waals surface area contributed by atoms with E-state index >= 15 is 0 Å². The van der Waals surface area contributed by atoms with Crippen molar-refractivity contribution in [2.24, 2.45) is 5.73 Å². The van der Waals surface area contributed by atoms with Crippen molar-refractivity contribution in [1.82, 2.24) is 0 Å². The van der Waals surface area contributed by atoms with Crippen molar-refractivity contribution in [3.63, 3.8) is 0 Å². The predicted molar refractivity (Wildman–Crippen MR) is 51.1 cm³/mol. The van der Waals surface area contributed by atoms with E-state index in [0.717, 1.165) is 12.1 Å². The lowest BCUT2D eigenvalue weighted by Crippen LogP contribution is -1.97. The van der Waals surface area contributed by atoms with Crippen LogP contribution in [0, 0.1) is 21.7 Å². The second-order valence-corrected chi connectivity index (χ2v) is 2.73. The van der Waals surface area contributed by atoms with Crippen LogP contribution in [0.1, 0.15) is 5.56 Å². The van der Waals surface area contributed by atoms with Crippen LogP contribution in [0.2, 0.25) is 0 Å². The van der Waals surface area contributed by atoms with E-state index in [1.165, 1.54) is 12.2 Å². The number of nitrogens with zero attached hydrogens (tertiary/aromatic N) is 1. The highest BCUT2D eigenvalue weighted by Gasteiger charge is 2.18. The highest BCUT2D eigenvalue weighted by atomic mass is 19.2. The Morgan fingerprint density at radius 3 is 2.67 bits per heavy atom. The van der Waals surface area contributed by atoms with Gasteiger partial charge >= 0.3 is 5.69 Å². The topological polar surface area (TPSA) is 69.2 Å². The first-order valence-electron chi connectivity index (χ1n) is 4.06. The fourth-order valence-electron chi connectivity index (χ4n) is 1.03. The third kappa shape index (κ3) is 2.57. The van der Waals surface area contributed by atoms with Crippen molar-refractivity contribution < 1.29 is 13.7 Å². The van der Waals surface area contributed by atoms with E-state index in [1.807, 2.05) is 0 Å². The number of rotatable bonds is 3. The molecule has 0 atom stereocenters. The van der Waals surface area contributed by atoms with Crippen molar-refractivity contribution in [3.8, 4) is 0 Å². The first kappa shape index (κ1) is 11.3. The standard InChI is InChI=1S/C9H8F2N2O2/c10-7-4-6(2-1-3-12)5-8(9(7)11)13(14)15/h1-2,4-5H,3,12H2/b2-1+. The summed E-state index contributed by atoms with van der Waals surface area (Å²) in [7, 11) is 0. The van der Waals surface area contributed by atoms with Crippen LogP contribution in [0.3, 0.4) is 0 Å². The SMILES string of the molecule is NC/C=C/c1cc(F)c(F)c([N+](=O)[O-])c1. The van der Waals surface area contributed by atoms with Gasteiger partial charge in [-0.1, -0.05) is 12.2 Å². The van der Waals surface area contributed by atoms with Crippen molar-refractivity contribution in [2.75, 3.05) is 6.54 Å². The minimum atomic E-state index is -1.45. The van der Waals surface area contributed by atoms with E-state index in [9.17, 15) is 18.9 Å². The van der Waals surface area contributed by atoms with Gasteiger partial charge in [-0.15, -0.1) is 0 Å². The van der Waals surface area contributed by atoms with Gasteiger partial charge in [0.25, 0.3) is 0 Å². The molecule has 0 fully saturated rings. The second kappa shape index (κ2) is 4.61. The van der Waals surface area contributed by atoms with Crippen molar-refractivity contribution in [2.45, 2.75) is 0 Å². The van der Waals surface area contributed by atoms with E-state index in [-0.39, 0.29) is 12.1 Å². The van der Waals surface area contributed by atoms with E-state index < -0.39 is 22.2 Å². The Morgan fingerprint density at radius 2 is 2.13 bits per heavy atom. The van der Waals surface area contributed by atoms with Crippen LogP contribution in [0.15, 0.2) is 18.2 Å². The molecule has 1 aromatic rings. The average Bonchev–Trinajstić information content (AvgIpc) is 2.19. The lowest BCUT2D eigenvalue weighted by molar-refractivity contribution is -0.387.